The number of hydrogen-bond acceptors (Lipinski definition) is 17. The lowest BCUT2D eigenvalue weighted by molar-refractivity contribution is -0.323. The number of ether oxygens (including phenoxy) is 5. The van der Waals surface area contributed by atoms with E-state index in [2.05, 4.69) is 0 Å². The Morgan fingerprint density at radius 2 is 1.42 bits per heavy atom. The molecule has 17 heteroatoms. The first-order chi connectivity index (χ1) is 21.4. The lowest BCUT2D eigenvalue weighted by Crippen LogP contribution is -2.62. The van der Waals surface area contributed by atoms with Crippen LogP contribution in [-0.4, -0.2) is 133 Å². The average Bonchev–Trinajstić information content (AvgIpc) is 3.01. The fourth-order valence-corrected chi connectivity index (χ4v) is 5.05. The molecule has 0 saturated carbocycles. The Labute approximate surface area is 252 Å². The third-order valence-corrected chi connectivity index (χ3v) is 7.54. The predicted molar refractivity (Wildman–Crippen MR) is 146 cm³/mol. The molecule has 5 rings (SSSR count). The third-order valence-electron chi connectivity index (χ3n) is 7.54. The Bertz CT molecular complexity index is 1570. The molecule has 2 aliphatic heterocycles. The molecule has 45 heavy (non-hydrogen) atoms. The molecule has 2 aliphatic rings. The van der Waals surface area contributed by atoms with E-state index in [4.69, 9.17) is 28.1 Å². The average molecular weight is 641 g/mol. The fraction of sp³-hybridized carbons (Fsp3) is 0.464. The minimum atomic E-state index is -1.98. The molecular formula is C28H32O17. The molecule has 2 fully saturated rings. The molecule has 10 atom stereocenters. The molecule has 1 aromatic heterocycles. The van der Waals surface area contributed by atoms with Crippen LogP contribution in [0.2, 0.25) is 0 Å². The van der Waals surface area contributed by atoms with E-state index in [0.717, 1.165) is 12.1 Å². The highest BCUT2D eigenvalue weighted by Crippen LogP contribution is 2.39. The van der Waals surface area contributed by atoms with Crippen molar-refractivity contribution in [3.63, 3.8) is 0 Å². The standard InChI is InChI=1S/C28H32O17/c1-40-13-4-9(2-3-11(13)31)25-26(20(35)17-12(32)5-10(30)6-14(17)42-25)45-28-24(39)22(37)19(34)16(44-28)8-41-27-23(38)21(36)18(33)15(7-29)43-27/h2-6,15-16,18-19,21-24,27-34,36-39H,7-8H2,1H3/t15-,16-,18-,19-,21+,22+,23-,24-,27-,28+/m1/s1. The molecule has 0 amide bonds. The van der Waals surface area contributed by atoms with Gasteiger partial charge in [0.2, 0.25) is 17.5 Å². The summed E-state index contributed by atoms with van der Waals surface area (Å²) in [6.07, 6.45) is -17.3. The van der Waals surface area contributed by atoms with Gasteiger partial charge < -0.3 is 79.2 Å². The van der Waals surface area contributed by atoms with Crippen molar-refractivity contribution in [1.82, 2.24) is 0 Å². The largest absolute Gasteiger partial charge is 0.508 e. The minimum Gasteiger partial charge on any atom is -0.508 e. The van der Waals surface area contributed by atoms with Gasteiger partial charge in [-0.2, -0.15) is 0 Å². The van der Waals surface area contributed by atoms with Gasteiger partial charge in [0.1, 0.15) is 71.3 Å². The minimum absolute atomic E-state index is 0.0298. The van der Waals surface area contributed by atoms with Gasteiger partial charge in [0.25, 0.3) is 0 Å². The fourth-order valence-electron chi connectivity index (χ4n) is 5.05. The number of aromatic hydroxyl groups is 3. The second-order valence-corrected chi connectivity index (χ2v) is 10.5. The Morgan fingerprint density at radius 1 is 0.778 bits per heavy atom. The SMILES string of the molecule is COc1cc(-c2oc3cc(O)cc(O)c3c(=O)c2O[C@@H]2O[C@H](CO[C@@H]3O[C@H](CO)[C@@H](O)[C@H](O)[C@H]3O)[C@@H](O)[C@H](O)[C@H]2O)ccc1O. The summed E-state index contributed by atoms with van der Waals surface area (Å²) in [4.78, 5) is 13.7. The van der Waals surface area contributed by atoms with Gasteiger partial charge in [0.05, 0.1) is 20.3 Å². The first kappa shape index (κ1) is 32.6. The van der Waals surface area contributed by atoms with Crippen molar-refractivity contribution >= 4 is 11.0 Å². The number of methoxy groups -OCH3 is 1. The van der Waals surface area contributed by atoms with E-state index in [1.54, 1.807) is 0 Å². The van der Waals surface area contributed by atoms with Gasteiger partial charge in [0, 0.05) is 17.7 Å². The van der Waals surface area contributed by atoms with Gasteiger partial charge in [-0.25, -0.2) is 0 Å². The van der Waals surface area contributed by atoms with Crippen molar-refractivity contribution in [3.8, 4) is 40.1 Å². The van der Waals surface area contributed by atoms with Crippen LogP contribution in [0.4, 0.5) is 0 Å². The number of benzene rings is 2. The Morgan fingerprint density at radius 3 is 2.09 bits per heavy atom. The number of aliphatic hydroxyl groups excluding tert-OH is 7. The maximum absolute atomic E-state index is 13.7. The van der Waals surface area contributed by atoms with Crippen LogP contribution in [-0.2, 0) is 14.2 Å². The second-order valence-electron chi connectivity index (χ2n) is 10.5. The zero-order valence-electron chi connectivity index (χ0n) is 23.4. The number of rotatable bonds is 8. The maximum Gasteiger partial charge on any atom is 0.239 e. The van der Waals surface area contributed by atoms with Crippen molar-refractivity contribution in [2.24, 2.45) is 0 Å². The van der Waals surface area contributed by atoms with Crippen molar-refractivity contribution in [3.05, 3.63) is 40.6 Å². The van der Waals surface area contributed by atoms with Gasteiger partial charge in [-0.3, -0.25) is 4.79 Å². The van der Waals surface area contributed by atoms with Crippen LogP contribution < -0.4 is 14.9 Å². The van der Waals surface area contributed by atoms with Crippen molar-refractivity contribution < 1.29 is 79.2 Å². The highest BCUT2D eigenvalue weighted by atomic mass is 16.7. The molecule has 2 aromatic carbocycles. The zero-order valence-corrected chi connectivity index (χ0v) is 23.4. The van der Waals surface area contributed by atoms with Crippen molar-refractivity contribution in [2.75, 3.05) is 20.3 Å². The molecule has 246 valence electrons. The van der Waals surface area contributed by atoms with Crippen LogP contribution in [0.3, 0.4) is 0 Å². The highest BCUT2D eigenvalue weighted by Gasteiger charge is 2.48. The zero-order chi connectivity index (χ0) is 32.7. The number of phenols is 3. The molecule has 10 N–H and O–H groups in total. The Balaban J connectivity index is 1.48. The summed E-state index contributed by atoms with van der Waals surface area (Å²) in [6.45, 7) is -1.39. The van der Waals surface area contributed by atoms with Crippen LogP contribution in [0.25, 0.3) is 22.3 Å². The summed E-state index contributed by atoms with van der Waals surface area (Å²) >= 11 is 0. The normalized spacial score (nSPS) is 32.0. The smallest absolute Gasteiger partial charge is 0.239 e. The molecule has 0 spiro atoms. The summed E-state index contributed by atoms with van der Waals surface area (Å²) in [6, 6.07) is 5.76. The molecule has 0 aliphatic carbocycles. The van der Waals surface area contributed by atoms with E-state index < -0.39 is 103 Å². The number of hydrogen-bond donors (Lipinski definition) is 10. The van der Waals surface area contributed by atoms with E-state index >= 15 is 0 Å². The highest BCUT2D eigenvalue weighted by molar-refractivity contribution is 5.88. The molecule has 17 nitrogen and oxygen atoms in total. The lowest BCUT2D eigenvalue weighted by atomic mass is 9.98. The molecule has 3 heterocycles. The topological polar surface area (TPSA) is 279 Å². The number of phenolic OH excluding ortho intramolecular Hbond substituents is 3. The molecule has 0 bridgehead atoms. The van der Waals surface area contributed by atoms with Crippen LogP contribution in [0.1, 0.15) is 0 Å². The van der Waals surface area contributed by atoms with E-state index in [1.807, 2.05) is 0 Å². The van der Waals surface area contributed by atoms with Crippen LogP contribution >= 0.6 is 0 Å². The molecule has 0 unspecified atom stereocenters. The summed E-state index contributed by atoms with van der Waals surface area (Å²) in [5.41, 5.74) is -1.17. The second kappa shape index (κ2) is 12.9. The van der Waals surface area contributed by atoms with Crippen LogP contribution in [0.5, 0.6) is 28.7 Å². The lowest BCUT2D eigenvalue weighted by Gasteiger charge is -2.42. The molecular weight excluding hydrogens is 608 g/mol. The van der Waals surface area contributed by atoms with Gasteiger partial charge in [0.15, 0.2) is 23.5 Å². The molecule has 2 saturated heterocycles. The van der Waals surface area contributed by atoms with Gasteiger partial charge in [-0.05, 0) is 18.2 Å². The van der Waals surface area contributed by atoms with Crippen molar-refractivity contribution in [1.29, 1.82) is 0 Å². The molecule has 3 aromatic rings. The van der Waals surface area contributed by atoms with E-state index in [-0.39, 0.29) is 28.4 Å². The van der Waals surface area contributed by atoms with Crippen molar-refractivity contribution in [2.45, 2.75) is 61.4 Å². The Kier molecular flexibility index (Phi) is 9.38. The maximum atomic E-state index is 13.7. The molecule has 0 radical (unpaired) electrons. The summed E-state index contributed by atoms with van der Waals surface area (Å²) in [5.74, 6) is -2.38. The predicted octanol–water partition coefficient (Wildman–Crippen LogP) is -2.41. The summed E-state index contributed by atoms with van der Waals surface area (Å²) in [7, 11) is 1.27. The summed E-state index contributed by atoms with van der Waals surface area (Å²) in [5, 5.41) is 102. The van der Waals surface area contributed by atoms with Gasteiger partial charge >= 0.3 is 0 Å². The quantitative estimate of drug-likeness (QED) is 0.123. The van der Waals surface area contributed by atoms with E-state index in [9.17, 15) is 55.9 Å². The monoisotopic (exact) mass is 640 g/mol. The van der Waals surface area contributed by atoms with E-state index in [1.165, 1.54) is 25.3 Å². The Hall–Kier alpha value is -3.75. The summed E-state index contributed by atoms with van der Waals surface area (Å²) < 4.78 is 33.0. The first-order valence-electron chi connectivity index (χ1n) is 13.5. The third kappa shape index (κ3) is 6.10. The van der Waals surface area contributed by atoms with Crippen LogP contribution in [0.15, 0.2) is 39.5 Å². The number of aliphatic hydroxyl groups is 7. The van der Waals surface area contributed by atoms with Crippen LogP contribution in [0, 0.1) is 0 Å². The number of fused-ring (bicyclic) bond motifs is 1. The van der Waals surface area contributed by atoms with Gasteiger partial charge in [-0.15, -0.1) is 0 Å². The van der Waals surface area contributed by atoms with E-state index in [0.29, 0.717) is 0 Å². The van der Waals surface area contributed by atoms with Gasteiger partial charge in [-0.1, -0.05) is 0 Å². The first-order valence-corrected chi connectivity index (χ1v) is 13.5.